The average Bonchev–Trinajstić information content (AvgIpc) is 2.90. The van der Waals surface area contributed by atoms with Gasteiger partial charge >= 0.3 is 0 Å². The molecule has 0 saturated heterocycles. The lowest BCUT2D eigenvalue weighted by Gasteiger charge is -2.21. The Kier molecular flexibility index (Phi) is 2.16. The molecule has 20 heavy (non-hydrogen) atoms. The Bertz CT molecular complexity index is 733. The molecule has 6 heteroatoms. The maximum absolute atomic E-state index is 12.4. The second-order valence-corrected chi connectivity index (χ2v) is 5.79. The van der Waals surface area contributed by atoms with Crippen LogP contribution in [-0.4, -0.2) is 20.3 Å². The zero-order chi connectivity index (χ0) is 13.7. The summed E-state index contributed by atoms with van der Waals surface area (Å²) in [6.45, 7) is 0. The van der Waals surface area contributed by atoms with Crippen molar-refractivity contribution in [2.24, 2.45) is 17.3 Å². The zero-order valence-corrected chi connectivity index (χ0v) is 10.8. The minimum Gasteiger partial charge on any atom is -0.322 e. The Morgan fingerprint density at radius 3 is 3.00 bits per heavy atom. The number of carbonyl (C=O) groups excluding carboxylic acids is 1. The van der Waals surface area contributed by atoms with E-state index in [0.717, 1.165) is 0 Å². The van der Waals surface area contributed by atoms with E-state index >= 15 is 0 Å². The fourth-order valence-corrected chi connectivity index (χ4v) is 3.25. The Hall–Kier alpha value is -2.42. The maximum atomic E-state index is 12.4. The molecule has 2 aliphatic rings. The summed E-state index contributed by atoms with van der Waals surface area (Å²) in [7, 11) is 0. The summed E-state index contributed by atoms with van der Waals surface area (Å²) in [6.07, 6.45) is 9.31. The van der Waals surface area contributed by atoms with E-state index in [4.69, 9.17) is 0 Å². The molecule has 100 valence electrons. The standard InChI is InChI=1S/C14H13N5O/c15-8-14(4-9-3-10(9)5-14)12(20)18-11-6-17-13-16-1-2-19(13)7-11/h1-2,6-7,9-10H,3-5H2,(H,18,20). The molecule has 2 aromatic rings. The van der Waals surface area contributed by atoms with Gasteiger partial charge in [-0.3, -0.25) is 9.20 Å². The van der Waals surface area contributed by atoms with Crippen LogP contribution in [0.15, 0.2) is 24.8 Å². The molecule has 0 bridgehead atoms. The summed E-state index contributed by atoms with van der Waals surface area (Å²) in [5, 5.41) is 12.2. The van der Waals surface area contributed by atoms with Gasteiger partial charge in [0.2, 0.25) is 11.7 Å². The number of nitrogens with one attached hydrogen (secondary N) is 1. The van der Waals surface area contributed by atoms with Crippen LogP contribution in [-0.2, 0) is 4.79 Å². The van der Waals surface area contributed by atoms with E-state index in [1.54, 1.807) is 29.2 Å². The van der Waals surface area contributed by atoms with Gasteiger partial charge in [0.15, 0.2) is 0 Å². The predicted octanol–water partition coefficient (Wildman–Crippen LogP) is 1.61. The molecule has 0 radical (unpaired) electrons. The number of amides is 1. The average molecular weight is 267 g/mol. The van der Waals surface area contributed by atoms with Crippen molar-refractivity contribution < 1.29 is 4.79 Å². The molecule has 2 fully saturated rings. The molecule has 1 amide bonds. The SMILES string of the molecule is N#CC1(C(=O)Nc2cnc3nccn3c2)CC2CC2C1. The topological polar surface area (TPSA) is 83.1 Å². The Labute approximate surface area is 115 Å². The number of nitrogens with zero attached hydrogens (tertiary/aromatic N) is 4. The Morgan fingerprint density at radius 2 is 2.25 bits per heavy atom. The predicted molar refractivity (Wildman–Crippen MR) is 70.5 cm³/mol. The van der Waals surface area contributed by atoms with E-state index < -0.39 is 5.41 Å². The van der Waals surface area contributed by atoms with Gasteiger partial charge in [0.25, 0.3) is 0 Å². The molecule has 1 N–H and O–H groups in total. The highest BCUT2D eigenvalue weighted by molar-refractivity contribution is 5.97. The Morgan fingerprint density at radius 1 is 1.45 bits per heavy atom. The van der Waals surface area contributed by atoms with Gasteiger partial charge in [-0.2, -0.15) is 5.26 Å². The number of fused-ring (bicyclic) bond motifs is 2. The summed E-state index contributed by atoms with van der Waals surface area (Å²) in [5.41, 5.74) is -0.256. The van der Waals surface area contributed by atoms with Crippen LogP contribution in [0.3, 0.4) is 0 Å². The monoisotopic (exact) mass is 267 g/mol. The van der Waals surface area contributed by atoms with Crippen molar-refractivity contribution in [2.45, 2.75) is 19.3 Å². The normalized spacial score (nSPS) is 30.8. The van der Waals surface area contributed by atoms with E-state index in [9.17, 15) is 10.1 Å². The summed E-state index contributed by atoms with van der Waals surface area (Å²) in [6, 6.07) is 2.24. The third-order valence-corrected chi connectivity index (χ3v) is 4.44. The van der Waals surface area contributed by atoms with Crippen LogP contribution in [0, 0.1) is 28.6 Å². The quantitative estimate of drug-likeness (QED) is 0.896. The van der Waals surface area contributed by atoms with Crippen molar-refractivity contribution >= 4 is 17.4 Å². The van der Waals surface area contributed by atoms with Gasteiger partial charge in [0.05, 0.1) is 18.0 Å². The molecule has 0 spiro atoms. The number of aromatic nitrogens is 3. The fourth-order valence-electron chi connectivity index (χ4n) is 3.25. The number of hydrogen-bond acceptors (Lipinski definition) is 4. The van der Waals surface area contributed by atoms with Gasteiger partial charge in [-0.15, -0.1) is 0 Å². The highest BCUT2D eigenvalue weighted by Crippen LogP contribution is 2.59. The first-order chi connectivity index (χ1) is 9.70. The van der Waals surface area contributed by atoms with Gasteiger partial charge in [-0.25, -0.2) is 9.97 Å². The third kappa shape index (κ3) is 1.59. The molecule has 4 rings (SSSR count). The Balaban J connectivity index is 1.58. The third-order valence-electron chi connectivity index (χ3n) is 4.44. The molecule has 2 heterocycles. The molecule has 2 atom stereocenters. The summed E-state index contributed by atoms with van der Waals surface area (Å²) in [4.78, 5) is 20.6. The summed E-state index contributed by atoms with van der Waals surface area (Å²) < 4.78 is 1.74. The van der Waals surface area contributed by atoms with Crippen LogP contribution < -0.4 is 5.32 Å². The number of imidazole rings is 1. The van der Waals surface area contributed by atoms with Crippen molar-refractivity contribution in [3.05, 3.63) is 24.8 Å². The van der Waals surface area contributed by atoms with Gasteiger partial charge in [0.1, 0.15) is 5.41 Å². The summed E-state index contributed by atoms with van der Waals surface area (Å²) in [5.74, 6) is 1.54. The fraction of sp³-hybridized carbons (Fsp3) is 0.429. The number of hydrogen-bond donors (Lipinski definition) is 1. The minimum absolute atomic E-state index is 0.200. The minimum atomic E-state index is -0.850. The highest BCUT2D eigenvalue weighted by Gasteiger charge is 2.57. The molecule has 6 nitrogen and oxygen atoms in total. The van der Waals surface area contributed by atoms with E-state index in [1.165, 1.54) is 6.42 Å². The van der Waals surface area contributed by atoms with Gasteiger partial charge in [-0.1, -0.05) is 0 Å². The molecule has 2 unspecified atom stereocenters. The number of rotatable bonds is 2. The van der Waals surface area contributed by atoms with Gasteiger partial charge in [-0.05, 0) is 31.1 Å². The van der Waals surface area contributed by atoms with E-state index in [1.807, 2.05) is 0 Å². The van der Waals surface area contributed by atoms with Crippen molar-refractivity contribution in [1.29, 1.82) is 5.26 Å². The van der Waals surface area contributed by atoms with Crippen molar-refractivity contribution in [3.63, 3.8) is 0 Å². The van der Waals surface area contributed by atoms with Crippen LogP contribution in [0.25, 0.3) is 5.78 Å². The lowest BCUT2D eigenvalue weighted by Crippen LogP contribution is -2.33. The van der Waals surface area contributed by atoms with Crippen LogP contribution in [0.1, 0.15) is 19.3 Å². The molecule has 2 aromatic heterocycles. The van der Waals surface area contributed by atoms with E-state index in [-0.39, 0.29) is 5.91 Å². The van der Waals surface area contributed by atoms with Crippen LogP contribution in [0.4, 0.5) is 5.69 Å². The molecule has 0 aliphatic heterocycles. The van der Waals surface area contributed by atoms with Crippen LogP contribution >= 0.6 is 0 Å². The lowest BCUT2D eigenvalue weighted by molar-refractivity contribution is -0.123. The first-order valence-electron chi connectivity index (χ1n) is 6.72. The van der Waals surface area contributed by atoms with Gasteiger partial charge < -0.3 is 5.32 Å². The van der Waals surface area contributed by atoms with E-state index in [0.29, 0.717) is 36.1 Å². The van der Waals surface area contributed by atoms with Gasteiger partial charge in [0, 0.05) is 18.6 Å². The zero-order valence-electron chi connectivity index (χ0n) is 10.8. The van der Waals surface area contributed by atoms with Crippen LogP contribution in [0.2, 0.25) is 0 Å². The maximum Gasteiger partial charge on any atom is 0.244 e. The van der Waals surface area contributed by atoms with Crippen molar-refractivity contribution in [1.82, 2.24) is 14.4 Å². The molecule has 2 aliphatic carbocycles. The number of carbonyl (C=O) groups is 1. The molecule has 0 aromatic carbocycles. The smallest absolute Gasteiger partial charge is 0.244 e. The van der Waals surface area contributed by atoms with Crippen molar-refractivity contribution in [2.75, 3.05) is 5.32 Å². The second kappa shape index (κ2) is 3.79. The number of nitriles is 1. The molecular weight excluding hydrogens is 254 g/mol. The largest absolute Gasteiger partial charge is 0.322 e. The lowest BCUT2D eigenvalue weighted by atomic mass is 9.83. The first kappa shape index (κ1) is 11.4. The molecule has 2 saturated carbocycles. The second-order valence-electron chi connectivity index (χ2n) is 5.79. The van der Waals surface area contributed by atoms with E-state index in [2.05, 4.69) is 21.4 Å². The number of anilines is 1. The van der Waals surface area contributed by atoms with Crippen molar-refractivity contribution in [3.8, 4) is 6.07 Å². The summed E-state index contributed by atoms with van der Waals surface area (Å²) >= 11 is 0. The molecular formula is C14H13N5O. The highest BCUT2D eigenvalue weighted by atomic mass is 16.2. The van der Waals surface area contributed by atoms with Crippen LogP contribution in [0.5, 0.6) is 0 Å². The first-order valence-corrected chi connectivity index (χ1v) is 6.72.